The molecular weight excluding hydrogens is 324 g/mol. The van der Waals surface area contributed by atoms with Crippen molar-refractivity contribution in [3.05, 3.63) is 29.8 Å². The third kappa shape index (κ3) is 5.27. The summed E-state index contributed by atoms with van der Waals surface area (Å²) in [6.45, 7) is 9.75. The molecule has 2 rings (SSSR count). The second-order valence-corrected chi connectivity index (χ2v) is 5.22. The largest absolute Gasteiger partial charge is 0.372 e. The van der Waals surface area contributed by atoms with Gasteiger partial charge in [-0.25, -0.2) is 4.39 Å². The van der Waals surface area contributed by atoms with Crippen LogP contribution in [0.15, 0.2) is 24.3 Å². The number of halogens is 3. The van der Waals surface area contributed by atoms with Gasteiger partial charge in [-0.15, -0.1) is 24.8 Å². The number of nitrogens with zero attached hydrogens (tertiary/aromatic N) is 2. The summed E-state index contributed by atoms with van der Waals surface area (Å²) < 4.78 is 13.4. The van der Waals surface area contributed by atoms with E-state index in [1.165, 1.54) is 5.69 Å². The fraction of sp³-hybridized carbons (Fsp3) is 0.625. The van der Waals surface area contributed by atoms with Crippen LogP contribution in [0, 0.1) is 0 Å². The fourth-order valence-corrected chi connectivity index (χ4v) is 2.89. The minimum Gasteiger partial charge on any atom is -0.372 e. The molecule has 1 aromatic carbocycles. The average molecular weight is 352 g/mol. The highest BCUT2D eigenvalue weighted by atomic mass is 35.5. The molecule has 3 nitrogen and oxygen atoms in total. The van der Waals surface area contributed by atoms with E-state index in [0.717, 1.165) is 44.8 Å². The lowest BCUT2D eigenvalue weighted by atomic mass is 10.0. The molecule has 0 radical (unpaired) electrons. The van der Waals surface area contributed by atoms with Crippen LogP contribution in [0.1, 0.15) is 25.5 Å². The second-order valence-electron chi connectivity index (χ2n) is 5.22. The van der Waals surface area contributed by atoms with Crippen molar-refractivity contribution in [1.29, 1.82) is 0 Å². The molecule has 1 aliphatic heterocycles. The normalized spacial score (nSPS) is 16.3. The molecule has 128 valence electrons. The lowest BCUT2D eigenvalue weighted by molar-refractivity contribution is 0.147. The molecule has 1 aromatic rings. The number of anilines is 1. The van der Waals surface area contributed by atoms with Crippen molar-refractivity contribution in [1.82, 2.24) is 10.2 Å². The summed E-state index contributed by atoms with van der Waals surface area (Å²) >= 11 is 0. The highest BCUT2D eigenvalue weighted by Crippen LogP contribution is 2.24. The first-order valence-electron chi connectivity index (χ1n) is 7.65. The minimum absolute atomic E-state index is 0. The lowest BCUT2D eigenvalue weighted by Crippen LogP contribution is -2.45. The Bertz CT molecular complexity index is 393. The number of rotatable bonds is 6. The van der Waals surface area contributed by atoms with Crippen molar-refractivity contribution in [3.8, 4) is 0 Å². The number of hydrogen-bond donors (Lipinski definition) is 1. The van der Waals surface area contributed by atoms with E-state index in [0.29, 0.717) is 0 Å². The Hall–Kier alpha value is -0.550. The number of benzene rings is 1. The standard InChI is InChI=1S/C16H26FN3.2ClH/c1-3-19(4-2)15-7-5-14(6-8-15)16(13-17)20-11-9-18-10-12-20;;/h5-8,16,18H,3-4,9-13H2,1-2H3;2*1H/t16-;;/m1../s1. The zero-order valence-corrected chi connectivity index (χ0v) is 15.1. The monoisotopic (exact) mass is 351 g/mol. The maximum atomic E-state index is 13.4. The predicted octanol–water partition coefficient (Wildman–Crippen LogP) is 3.29. The van der Waals surface area contributed by atoms with Crippen molar-refractivity contribution >= 4 is 30.5 Å². The summed E-state index contributed by atoms with van der Waals surface area (Å²) in [7, 11) is 0. The quantitative estimate of drug-likeness (QED) is 0.848. The molecule has 1 heterocycles. The van der Waals surface area contributed by atoms with Gasteiger partial charge in [-0.3, -0.25) is 4.90 Å². The third-order valence-corrected chi connectivity index (χ3v) is 4.14. The van der Waals surface area contributed by atoms with Crippen LogP contribution in [0.5, 0.6) is 0 Å². The Kier molecular flexibility index (Phi) is 10.8. The molecule has 1 N–H and O–H groups in total. The van der Waals surface area contributed by atoms with Gasteiger partial charge in [-0.2, -0.15) is 0 Å². The molecule has 22 heavy (non-hydrogen) atoms. The van der Waals surface area contributed by atoms with E-state index in [-0.39, 0.29) is 37.5 Å². The number of alkyl halides is 1. The molecule has 1 saturated heterocycles. The Morgan fingerprint density at radius 3 is 2.09 bits per heavy atom. The van der Waals surface area contributed by atoms with Gasteiger partial charge in [0.25, 0.3) is 0 Å². The highest BCUT2D eigenvalue weighted by Gasteiger charge is 2.22. The summed E-state index contributed by atoms with van der Waals surface area (Å²) in [4.78, 5) is 4.54. The van der Waals surface area contributed by atoms with Crippen LogP contribution in [-0.4, -0.2) is 50.8 Å². The SMILES string of the molecule is CCN(CC)c1ccc([C@@H](CF)N2CCNCC2)cc1.Cl.Cl. The Morgan fingerprint density at radius 1 is 1.09 bits per heavy atom. The van der Waals surface area contributed by atoms with E-state index in [9.17, 15) is 4.39 Å². The molecule has 0 saturated carbocycles. The maximum Gasteiger partial charge on any atom is 0.109 e. The molecule has 1 atom stereocenters. The van der Waals surface area contributed by atoms with Crippen LogP contribution >= 0.6 is 24.8 Å². The minimum atomic E-state index is -0.315. The molecule has 0 amide bonds. The molecule has 1 fully saturated rings. The lowest BCUT2D eigenvalue weighted by Gasteiger charge is -2.34. The van der Waals surface area contributed by atoms with Crippen molar-refractivity contribution in [2.75, 3.05) is 50.8 Å². The van der Waals surface area contributed by atoms with Gasteiger partial charge in [0, 0.05) is 45.0 Å². The number of hydrogen-bond acceptors (Lipinski definition) is 3. The van der Waals surface area contributed by atoms with Gasteiger partial charge in [0.15, 0.2) is 0 Å². The van der Waals surface area contributed by atoms with Crippen molar-refractivity contribution in [2.24, 2.45) is 0 Å². The van der Waals surface area contributed by atoms with Gasteiger partial charge in [0.1, 0.15) is 6.67 Å². The van der Waals surface area contributed by atoms with Gasteiger partial charge in [0.05, 0.1) is 6.04 Å². The summed E-state index contributed by atoms with van der Waals surface area (Å²) in [5.74, 6) is 0. The summed E-state index contributed by atoms with van der Waals surface area (Å²) in [5, 5.41) is 3.31. The molecule has 0 aromatic heterocycles. The van der Waals surface area contributed by atoms with Crippen molar-refractivity contribution in [2.45, 2.75) is 19.9 Å². The predicted molar refractivity (Wildman–Crippen MR) is 97.7 cm³/mol. The summed E-state index contributed by atoms with van der Waals surface area (Å²) in [5.41, 5.74) is 2.31. The van der Waals surface area contributed by atoms with Crippen LogP contribution in [0.25, 0.3) is 0 Å². The van der Waals surface area contributed by atoms with Gasteiger partial charge in [-0.05, 0) is 31.5 Å². The van der Waals surface area contributed by atoms with E-state index < -0.39 is 0 Å². The summed E-state index contributed by atoms with van der Waals surface area (Å²) in [6, 6.07) is 8.31. The molecular formula is C16H28Cl2FN3. The van der Waals surface area contributed by atoms with E-state index in [2.05, 4.69) is 53.2 Å². The van der Waals surface area contributed by atoms with Crippen LogP contribution in [0.3, 0.4) is 0 Å². The zero-order chi connectivity index (χ0) is 14.4. The second kappa shape index (κ2) is 11.1. The van der Waals surface area contributed by atoms with Crippen LogP contribution in [-0.2, 0) is 0 Å². The molecule has 6 heteroatoms. The van der Waals surface area contributed by atoms with Crippen molar-refractivity contribution < 1.29 is 4.39 Å². The Balaban J connectivity index is 0.00000220. The molecule has 0 spiro atoms. The van der Waals surface area contributed by atoms with Crippen molar-refractivity contribution in [3.63, 3.8) is 0 Å². The van der Waals surface area contributed by atoms with E-state index in [4.69, 9.17) is 0 Å². The van der Waals surface area contributed by atoms with E-state index >= 15 is 0 Å². The first-order chi connectivity index (χ1) is 9.80. The first-order valence-corrected chi connectivity index (χ1v) is 7.65. The maximum absolute atomic E-state index is 13.4. The molecule has 1 aliphatic rings. The van der Waals surface area contributed by atoms with E-state index in [1.807, 2.05) is 0 Å². The fourth-order valence-electron chi connectivity index (χ4n) is 2.89. The Labute approximate surface area is 146 Å². The van der Waals surface area contributed by atoms with Gasteiger partial charge >= 0.3 is 0 Å². The topological polar surface area (TPSA) is 18.5 Å². The molecule has 0 bridgehead atoms. The highest BCUT2D eigenvalue weighted by molar-refractivity contribution is 5.85. The van der Waals surface area contributed by atoms with Crippen LogP contribution in [0.2, 0.25) is 0 Å². The first kappa shape index (κ1) is 21.4. The van der Waals surface area contributed by atoms with Gasteiger partial charge in [-0.1, -0.05) is 12.1 Å². The Morgan fingerprint density at radius 2 is 1.64 bits per heavy atom. The third-order valence-electron chi connectivity index (χ3n) is 4.14. The van der Waals surface area contributed by atoms with Gasteiger partial charge in [0.2, 0.25) is 0 Å². The smallest absolute Gasteiger partial charge is 0.109 e. The van der Waals surface area contributed by atoms with Crippen LogP contribution in [0.4, 0.5) is 10.1 Å². The summed E-state index contributed by atoms with van der Waals surface area (Å²) in [6.07, 6.45) is 0. The van der Waals surface area contributed by atoms with E-state index in [1.54, 1.807) is 0 Å². The molecule has 0 unspecified atom stereocenters. The molecule has 0 aliphatic carbocycles. The number of nitrogens with one attached hydrogen (secondary N) is 1. The van der Waals surface area contributed by atoms with Crippen LogP contribution < -0.4 is 10.2 Å². The van der Waals surface area contributed by atoms with Gasteiger partial charge < -0.3 is 10.2 Å². The number of piperazine rings is 1. The average Bonchev–Trinajstić information content (AvgIpc) is 2.52. The zero-order valence-electron chi connectivity index (χ0n) is 13.4.